The first-order valence-electron chi connectivity index (χ1n) is 14.5. The summed E-state index contributed by atoms with van der Waals surface area (Å²) in [4.78, 5) is 66.8. The van der Waals surface area contributed by atoms with Crippen LogP contribution in [0.2, 0.25) is 0 Å². The summed E-state index contributed by atoms with van der Waals surface area (Å²) in [5, 5.41) is 2.80. The van der Waals surface area contributed by atoms with Crippen LogP contribution in [0.1, 0.15) is 104 Å². The minimum atomic E-state index is -0.623. The van der Waals surface area contributed by atoms with Crippen molar-refractivity contribution < 1.29 is 28.7 Å². The highest BCUT2D eigenvalue weighted by Gasteiger charge is 2.40. The lowest BCUT2D eigenvalue weighted by molar-refractivity contribution is 0.0410. The molecular weight excluding hydrogens is 584 g/mol. The molecule has 2 aliphatic rings. The summed E-state index contributed by atoms with van der Waals surface area (Å²) in [6.45, 7) is 17.5. The number of rotatable bonds is 6. The number of benzene rings is 2. The van der Waals surface area contributed by atoms with Crippen molar-refractivity contribution in [3.63, 3.8) is 0 Å². The highest BCUT2D eigenvalue weighted by atomic mass is 35.5. The number of ether oxygens (including phenoxy) is 1. The zero-order valence-corrected chi connectivity index (χ0v) is 27.7. The van der Waals surface area contributed by atoms with Gasteiger partial charge in [0.25, 0.3) is 23.6 Å². The van der Waals surface area contributed by atoms with Crippen LogP contribution in [0.25, 0.3) is 0 Å². The monoisotopic (exact) mass is 626 g/mol. The number of halogens is 1. The van der Waals surface area contributed by atoms with Gasteiger partial charge in [-0.1, -0.05) is 65.8 Å². The highest BCUT2D eigenvalue weighted by Crippen LogP contribution is 2.28. The summed E-state index contributed by atoms with van der Waals surface area (Å²) in [7, 11) is 0. The van der Waals surface area contributed by atoms with E-state index in [-0.39, 0.29) is 53.6 Å². The Kier molecular flexibility index (Phi) is 10.3. The first-order chi connectivity index (χ1) is 20.3. The Labute approximate surface area is 264 Å². The molecule has 0 fully saturated rings. The van der Waals surface area contributed by atoms with Crippen molar-refractivity contribution in [2.75, 3.05) is 13.1 Å². The summed E-state index contributed by atoms with van der Waals surface area (Å²) in [5.74, 6) is -1.16. The largest absolute Gasteiger partial charge is 0.444 e. The molecular formula is C33H43ClN4O6. The molecule has 2 atom stereocenters. The fourth-order valence-corrected chi connectivity index (χ4v) is 5.03. The predicted octanol–water partition coefficient (Wildman–Crippen LogP) is 5.66. The van der Waals surface area contributed by atoms with Crippen LogP contribution in [0.5, 0.6) is 0 Å². The van der Waals surface area contributed by atoms with Crippen molar-refractivity contribution in [2.45, 2.75) is 80.0 Å². The number of imide groups is 2. The van der Waals surface area contributed by atoms with Crippen LogP contribution in [-0.4, -0.2) is 70.3 Å². The Morgan fingerprint density at radius 3 is 1.25 bits per heavy atom. The van der Waals surface area contributed by atoms with E-state index in [2.05, 4.69) is 10.2 Å². The molecule has 0 unspecified atom stereocenters. The van der Waals surface area contributed by atoms with Gasteiger partial charge in [0.05, 0.1) is 34.8 Å². The second-order valence-corrected chi connectivity index (χ2v) is 14.3. The zero-order chi connectivity index (χ0) is 33.2. The summed E-state index contributed by atoms with van der Waals surface area (Å²) < 4.78 is 5.30. The Morgan fingerprint density at radius 1 is 0.659 bits per heavy atom. The first-order valence-corrected chi connectivity index (χ1v) is 14.9. The van der Waals surface area contributed by atoms with Crippen LogP contribution < -0.4 is 10.2 Å². The normalized spacial score (nSPS) is 16.2. The quantitative estimate of drug-likeness (QED) is 0.313. The summed E-state index contributed by atoms with van der Waals surface area (Å²) in [6.07, 6.45) is -0.566. The van der Waals surface area contributed by atoms with E-state index in [9.17, 15) is 24.0 Å². The highest BCUT2D eigenvalue weighted by molar-refractivity contribution is 6.22. The van der Waals surface area contributed by atoms with Gasteiger partial charge in [-0.15, -0.1) is 0 Å². The van der Waals surface area contributed by atoms with Crippen molar-refractivity contribution in [1.82, 2.24) is 20.0 Å². The van der Waals surface area contributed by atoms with Crippen molar-refractivity contribution in [3.8, 4) is 0 Å². The zero-order valence-electron chi connectivity index (χ0n) is 26.9. The second kappa shape index (κ2) is 13.1. The maximum absolute atomic E-state index is 12.5. The van der Waals surface area contributed by atoms with Crippen LogP contribution in [0.15, 0.2) is 48.5 Å². The number of fused-ring (bicyclic) bond motifs is 2. The molecule has 2 N–H and O–H groups in total. The van der Waals surface area contributed by atoms with Gasteiger partial charge < -0.3 is 10.1 Å². The van der Waals surface area contributed by atoms with E-state index in [1.807, 2.05) is 41.5 Å². The Morgan fingerprint density at radius 2 is 0.977 bits per heavy atom. The molecule has 5 amide bonds. The number of carbonyl (C=O) groups is 5. The van der Waals surface area contributed by atoms with Crippen molar-refractivity contribution in [2.24, 2.45) is 10.8 Å². The van der Waals surface area contributed by atoms with Gasteiger partial charge in [-0.2, -0.15) is 0 Å². The third-order valence-corrected chi connectivity index (χ3v) is 7.66. The molecule has 44 heavy (non-hydrogen) atoms. The molecule has 0 bridgehead atoms. The van der Waals surface area contributed by atoms with Gasteiger partial charge >= 0.3 is 6.09 Å². The maximum Gasteiger partial charge on any atom is 0.407 e. The number of hydrogen-bond acceptors (Lipinski definition) is 7. The Bertz CT molecular complexity index is 1370. The molecule has 0 aromatic heterocycles. The van der Waals surface area contributed by atoms with E-state index >= 15 is 0 Å². The SMILES string of the molecule is CC(C)(C)OC(=O)N[C@H](CN1C(=O)c2ccccc2C1=O)C(C)(C)C.CC(C)(C)[C@@H](CN1C(=O)c2ccccc2C1=O)NCl. The van der Waals surface area contributed by atoms with Gasteiger partial charge in [0.1, 0.15) is 5.60 Å². The standard InChI is InChI=1S/C19H26N2O4.C14H17ClN2O2/c1-18(2,3)14(20-17(24)25-19(4,5)6)11-21-15(22)12-9-7-8-10-13(12)16(21)23;1-14(2,3)11(16-15)8-17-12(18)9-6-4-5-7-10(9)13(17)19/h7-10,14H,11H2,1-6H3,(H,20,24);4-7,11,16H,8H2,1-3H3/t14-;11-/m11/s1. The van der Waals surface area contributed by atoms with E-state index in [0.717, 1.165) is 0 Å². The van der Waals surface area contributed by atoms with E-state index in [1.54, 1.807) is 69.3 Å². The van der Waals surface area contributed by atoms with Crippen LogP contribution in [0.4, 0.5) is 4.79 Å². The second-order valence-electron chi connectivity index (χ2n) is 14.1. The minimum absolute atomic E-state index is 0.0924. The molecule has 2 heterocycles. The van der Waals surface area contributed by atoms with Gasteiger partial charge in [-0.3, -0.25) is 29.0 Å². The molecule has 0 aliphatic carbocycles. The molecule has 2 aromatic carbocycles. The van der Waals surface area contributed by atoms with Gasteiger partial charge in [0, 0.05) is 12.6 Å². The van der Waals surface area contributed by atoms with E-state index in [0.29, 0.717) is 22.3 Å². The molecule has 11 heteroatoms. The van der Waals surface area contributed by atoms with E-state index < -0.39 is 17.7 Å². The number of alkyl carbamates (subject to hydrolysis) is 1. The van der Waals surface area contributed by atoms with Crippen molar-refractivity contribution in [3.05, 3.63) is 70.8 Å². The van der Waals surface area contributed by atoms with Crippen molar-refractivity contribution >= 4 is 41.5 Å². The molecule has 0 radical (unpaired) electrons. The molecule has 238 valence electrons. The lowest BCUT2D eigenvalue weighted by Gasteiger charge is -2.34. The van der Waals surface area contributed by atoms with Crippen molar-refractivity contribution in [1.29, 1.82) is 0 Å². The van der Waals surface area contributed by atoms with E-state index in [1.165, 1.54) is 9.80 Å². The average Bonchev–Trinajstić information content (AvgIpc) is 3.29. The van der Waals surface area contributed by atoms with Crippen LogP contribution in [0.3, 0.4) is 0 Å². The van der Waals surface area contributed by atoms with Gasteiger partial charge in [-0.05, 0) is 67.6 Å². The summed E-state index contributed by atoms with van der Waals surface area (Å²) in [6, 6.07) is 13.0. The molecule has 0 saturated carbocycles. The number of carbonyl (C=O) groups excluding carboxylic acids is 5. The fourth-order valence-electron chi connectivity index (χ4n) is 4.63. The Balaban J connectivity index is 0.000000249. The van der Waals surface area contributed by atoms with Crippen LogP contribution >= 0.6 is 11.8 Å². The first kappa shape index (κ1) is 34.7. The lowest BCUT2D eigenvalue weighted by atomic mass is 9.86. The lowest BCUT2D eigenvalue weighted by Crippen LogP contribution is -2.52. The summed E-state index contributed by atoms with van der Waals surface area (Å²) >= 11 is 5.74. The number of nitrogens with zero attached hydrogens (tertiary/aromatic N) is 2. The molecule has 0 saturated heterocycles. The van der Waals surface area contributed by atoms with Gasteiger partial charge in [0.15, 0.2) is 0 Å². The molecule has 2 aliphatic heterocycles. The number of nitrogens with one attached hydrogen (secondary N) is 2. The topological polar surface area (TPSA) is 125 Å². The minimum Gasteiger partial charge on any atom is -0.444 e. The van der Waals surface area contributed by atoms with Gasteiger partial charge in [-0.25, -0.2) is 9.63 Å². The molecule has 0 spiro atoms. The van der Waals surface area contributed by atoms with E-state index in [4.69, 9.17) is 16.5 Å². The smallest absolute Gasteiger partial charge is 0.407 e. The summed E-state index contributed by atoms with van der Waals surface area (Å²) in [5.41, 5.74) is 0.588. The van der Waals surface area contributed by atoms with Crippen LogP contribution in [0, 0.1) is 10.8 Å². The average molecular weight is 627 g/mol. The number of hydrogen-bond donors (Lipinski definition) is 2. The van der Waals surface area contributed by atoms with Gasteiger partial charge in [0.2, 0.25) is 0 Å². The molecule has 2 aromatic rings. The third kappa shape index (κ3) is 8.04. The molecule has 4 rings (SSSR count). The predicted molar refractivity (Wildman–Crippen MR) is 168 cm³/mol. The Hall–Kier alpha value is -3.76. The maximum atomic E-state index is 12.5. The fraction of sp³-hybridized carbons (Fsp3) is 0.485. The van der Waals surface area contributed by atoms with Crippen LogP contribution in [-0.2, 0) is 4.74 Å². The molecule has 10 nitrogen and oxygen atoms in total. The number of amides is 5. The third-order valence-electron chi connectivity index (χ3n) is 7.40.